The molecular weight excluding hydrogens is 360 g/mol. The van der Waals surface area contributed by atoms with E-state index in [1.54, 1.807) is 36.4 Å². The van der Waals surface area contributed by atoms with E-state index in [2.05, 4.69) is 9.84 Å². The molecule has 0 bridgehead atoms. The topological polar surface area (TPSA) is 83.6 Å². The zero-order valence-corrected chi connectivity index (χ0v) is 14.8. The molecule has 2 aromatic heterocycles. The molecule has 3 rings (SSSR count). The molecule has 134 valence electrons. The van der Waals surface area contributed by atoms with Gasteiger partial charge in [0.15, 0.2) is 17.6 Å². The Hall–Kier alpha value is -3.06. The number of nitrogens with zero attached hydrogens (tertiary/aromatic N) is 2. The highest BCUT2D eigenvalue weighted by atomic mass is 35.5. The highest BCUT2D eigenvalue weighted by molar-refractivity contribution is 6.30. The van der Waals surface area contributed by atoms with E-state index in [4.69, 9.17) is 20.8 Å². The van der Waals surface area contributed by atoms with Crippen LogP contribution in [0.2, 0.25) is 5.02 Å². The SMILES string of the molecule is COC(=O)[C@H](C)OC(=O)c1cc(-c2ccco2)n(-c2cccc(Cl)c2)n1. The lowest BCUT2D eigenvalue weighted by Gasteiger charge is -2.09. The van der Waals surface area contributed by atoms with Gasteiger partial charge in [-0.05, 0) is 37.3 Å². The molecule has 26 heavy (non-hydrogen) atoms. The maximum atomic E-state index is 12.3. The summed E-state index contributed by atoms with van der Waals surface area (Å²) in [5.74, 6) is -0.895. The van der Waals surface area contributed by atoms with E-state index < -0.39 is 18.0 Å². The largest absolute Gasteiger partial charge is 0.466 e. The molecule has 1 aromatic carbocycles. The van der Waals surface area contributed by atoms with Gasteiger partial charge in [0.25, 0.3) is 0 Å². The Morgan fingerprint density at radius 1 is 1.23 bits per heavy atom. The second kappa shape index (κ2) is 7.45. The summed E-state index contributed by atoms with van der Waals surface area (Å²) in [5, 5.41) is 4.81. The number of ether oxygens (including phenoxy) is 2. The van der Waals surface area contributed by atoms with Crippen LogP contribution in [0.5, 0.6) is 0 Å². The van der Waals surface area contributed by atoms with Crippen molar-refractivity contribution in [3.63, 3.8) is 0 Å². The van der Waals surface area contributed by atoms with Gasteiger partial charge < -0.3 is 13.9 Å². The Morgan fingerprint density at radius 3 is 2.69 bits per heavy atom. The van der Waals surface area contributed by atoms with E-state index in [9.17, 15) is 9.59 Å². The molecule has 0 aliphatic heterocycles. The Bertz CT molecular complexity index is 933. The number of furan rings is 1. The molecule has 0 N–H and O–H groups in total. The van der Waals surface area contributed by atoms with Gasteiger partial charge in [-0.25, -0.2) is 14.3 Å². The van der Waals surface area contributed by atoms with Crippen LogP contribution in [-0.4, -0.2) is 34.9 Å². The van der Waals surface area contributed by atoms with Crippen LogP contribution in [0.3, 0.4) is 0 Å². The summed E-state index contributed by atoms with van der Waals surface area (Å²) in [6, 6.07) is 12.0. The predicted molar refractivity (Wildman–Crippen MR) is 93.2 cm³/mol. The van der Waals surface area contributed by atoms with E-state index >= 15 is 0 Å². The molecule has 0 saturated heterocycles. The Morgan fingerprint density at radius 2 is 2.04 bits per heavy atom. The molecule has 0 radical (unpaired) electrons. The molecule has 8 heteroatoms. The number of halogens is 1. The van der Waals surface area contributed by atoms with Crippen LogP contribution in [-0.2, 0) is 14.3 Å². The molecular formula is C18H15ClN2O5. The molecule has 0 fully saturated rings. The van der Waals surface area contributed by atoms with Crippen LogP contribution < -0.4 is 0 Å². The predicted octanol–water partition coefficient (Wildman–Crippen LogP) is 3.50. The summed E-state index contributed by atoms with van der Waals surface area (Å²) < 4.78 is 16.6. The van der Waals surface area contributed by atoms with Gasteiger partial charge >= 0.3 is 11.9 Å². The molecule has 0 amide bonds. The summed E-state index contributed by atoms with van der Waals surface area (Å²) in [6.07, 6.45) is 0.470. The van der Waals surface area contributed by atoms with Crippen molar-refractivity contribution in [2.75, 3.05) is 7.11 Å². The first-order chi connectivity index (χ1) is 12.5. The molecule has 0 aliphatic carbocycles. The summed E-state index contributed by atoms with van der Waals surface area (Å²) in [6.45, 7) is 1.42. The van der Waals surface area contributed by atoms with E-state index in [1.807, 2.05) is 0 Å². The van der Waals surface area contributed by atoms with Crippen molar-refractivity contribution in [1.82, 2.24) is 9.78 Å². The van der Waals surface area contributed by atoms with E-state index in [0.717, 1.165) is 0 Å². The van der Waals surface area contributed by atoms with Crippen molar-refractivity contribution in [2.45, 2.75) is 13.0 Å². The monoisotopic (exact) mass is 374 g/mol. The van der Waals surface area contributed by atoms with Gasteiger partial charge in [-0.3, -0.25) is 0 Å². The number of carbonyl (C=O) groups is 2. The molecule has 0 saturated carbocycles. The third-order valence-corrected chi connectivity index (χ3v) is 3.80. The van der Waals surface area contributed by atoms with Gasteiger partial charge in [-0.2, -0.15) is 5.10 Å². The number of benzene rings is 1. The molecule has 0 aliphatic rings. The second-order valence-electron chi connectivity index (χ2n) is 5.35. The number of carbonyl (C=O) groups excluding carboxylic acids is 2. The number of methoxy groups -OCH3 is 1. The fraction of sp³-hybridized carbons (Fsp3) is 0.167. The number of hydrogen-bond acceptors (Lipinski definition) is 6. The first-order valence-electron chi connectivity index (χ1n) is 7.68. The minimum absolute atomic E-state index is 0.0205. The molecule has 3 aromatic rings. The smallest absolute Gasteiger partial charge is 0.359 e. The summed E-state index contributed by atoms with van der Waals surface area (Å²) in [7, 11) is 1.22. The first kappa shape index (κ1) is 17.8. The minimum atomic E-state index is -1.05. The summed E-state index contributed by atoms with van der Waals surface area (Å²) in [4.78, 5) is 23.8. The van der Waals surface area contributed by atoms with Gasteiger partial charge in [0, 0.05) is 11.1 Å². The normalized spacial score (nSPS) is 11.8. The van der Waals surface area contributed by atoms with Crippen LogP contribution in [0.25, 0.3) is 17.1 Å². The van der Waals surface area contributed by atoms with E-state index in [1.165, 1.54) is 31.0 Å². The highest BCUT2D eigenvalue weighted by Gasteiger charge is 2.24. The zero-order valence-electron chi connectivity index (χ0n) is 14.0. The third-order valence-electron chi connectivity index (χ3n) is 3.56. The number of aromatic nitrogens is 2. The van der Waals surface area contributed by atoms with Gasteiger partial charge in [-0.1, -0.05) is 17.7 Å². The molecule has 2 heterocycles. The van der Waals surface area contributed by atoms with E-state index in [0.29, 0.717) is 22.2 Å². The van der Waals surface area contributed by atoms with Crippen LogP contribution in [0, 0.1) is 0 Å². The van der Waals surface area contributed by atoms with Crippen molar-refractivity contribution in [3.05, 3.63) is 59.4 Å². The maximum absolute atomic E-state index is 12.3. The second-order valence-corrected chi connectivity index (χ2v) is 5.79. The lowest BCUT2D eigenvalue weighted by molar-refractivity contribution is -0.149. The van der Waals surface area contributed by atoms with Crippen molar-refractivity contribution in [2.24, 2.45) is 0 Å². The minimum Gasteiger partial charge on any atom is -0.466 e. The third kappa shape index (κ3) is 3.62. The fourth-order valence-corrected chi connectivity index (χ4v) is 2.50. The Kier molecular flexibility index (Phi) is 5.09. The van der Waals surface area contributed by atoms with Crippen molar-refractivity contribution >= 4 is 23.5 Å². The molecule has 7 nitrogen and oxygen atoms in total. The molecule has 1 atom stereocenters. The van der Waals surface area contributed by atoms with Crippen molar-refractivity contribution in [1.29, 1.82) is 0 Å². The quantitative estimate of drug-likeness (QED) is 0.635. The highest BCUT2D eigenvalue weighted by Crippen LogP contribution is 2.26. The Balaban J connectivity index is 1.99. The average Bonchev–Trinajstić information content (AvgIpc) is 3.30. The van der Waals surface area contributed by atoms with Crippen LogP contribution in [0.1, 0.15) is 17.4 Å². The van der Waals surface area contributed by atoms with Gasteiger partial charge in [-0.15, -0.1) is 0 Å². The number of esters is 2. The molecule has 0 unspecified atom stereocenters. The lowest BCUT2D eigenvalue weighted by atomic mass is 10.2. The lowest BCUT2D eigenvalue weighted by Crippen LogP contribution is -2.25. The van der Waals surface area contributed by atoms with E-state index in [-0.39, 0.29) is 5.69 Å². The standard InChI is InChI=1S/C18H15ClN2O5/c1-11(17(22)24-2)26-18(23)14-10-15(16-7-4-8-25-16)21(20-14)13-6-3-5-12(19)9-13/h3-11H,1-2H3/t11-/m0/s1. The summed E-state index contributed by atoms with van der Waals surface area (Å²) in [5.41, 5.74) is 1.20. The molecule has 0 spiro atoms. The summed E-state index contributed by atoms with van der Waals surface area (Å²) >= 11 is 6.05. The first-order valence-corrected chi connectivity index (χ1v) is 8.06. The Labute approximate surface area is 154 Å². The van der Waals surface area contributed by atoms with Gasteiger partial charge in [0.2, 0.25) is 0 Å². The number of rotatable bonds is 5. The van der Waals surface area contributed by atoms with Gasteiger partial charge in [0.05, 0.1) is 19.1 Å². The van der Waals surface area contributed by atoms with Crippen LogP contribution >= 0.6 is 11.6 Å². The van der Waals surface area contributed by atoms with Crippen LogP contribution in [0.4, 0.5) is 0 Å². The van der Waals surface area contributed by atoms with Crippen molar-refractivity contribution < 1.29 is 23.5 Å². The van der Waals surface area contributed by atoms with Crippen LogP contribution in [0.15, 0.2) is 53.1 Å². The van der Waals surface area contributed by atoms with Gasteiger partial charge in [0.1, 0.15) is 5.69 Å². The van der Waals surface area contributed by atoms with Crippen molar-refractivity contribution in [3.8, 4) is 17.1 Å². The number of hydrogen-bond donors (Lipinski definition) is 0. The fourth-order valence-electron chi connectivity index (χ4n) is 2.32. The maximum Gasteiger partial charge on any atom is 0.359 e. The average molecular weight is 375 g/mol. The zero-order chi connectivity index (χ0) is 18.7.